The Balaban J connectivity index is 1.92. The van der Waals surface area contributed by atoms with Crippen molar-refractivity contribution in [3.05, 3.63) is 59.2 Å². The van der Waals surface area contributed by atoms with Crippen molar-refractivity contribution in [1.29, 1.82) is 0 Å². The molecule has 0 saturated heterocycles. The van der Waals surface area contributed by atoms with Gasteiger partial charge in [0, 0.05) is 12.2 Å². The van der Waals surface area contributed by atoms with Crippen molar-refractivity contribution in [1.82, 2.24) is 5.32 Å². The fraction of sp³-hybridized carbons (Fsp3) is 0.263. The number of carbonyl (C=O) groups excluding carboxylic acids is 1. The highest BCUT2D eigenvalue weighted by atomic mass is 32.1. The summed E-state index contributed by atoms with van der Waals surface area (Å²) >= 11 is 5.33. The predicted octanol–water partition coefficient (Wildman–Crippen LogP) is 3.67. The maximum atomic E-state index is 11.7. The van der Waals surface area contributed by atoms with Gasteiger partial charge < -0.3 is 20.1 Å². The molecule has 0 amide bonds. The molecule has 0 saturated carbocycles. The smallest absolute Gasteiger partial charge is 0.338 e. The molecule has 2 aromatic carbocycles. The van der Waals surface area contributed by atoms with Gasteiger partial charge in [0.15, 0.2) is 5.11 Å². The second-order valence-corrected chi connectivity index (χ2v) is 5.81. The first kappa shape index (κ1) is 18.7. The molecule has 0 unspecified atom stereocenters. The monoisotopic (exact) mass is 358 g/mol. The molecule has 5 nitrogen and oxygen atoms in total. The molecule has 6 heteroatoms. The van der Waals surface area contributed by atoms with Crippen molar-refractivity contribution < 1.29 is 14.3 Å². The van der Waals surface area contributed by atoms with Gasteiger partial charge in [0.05, 0.1) is 19.3 Å². The van der Waals surface area contributed by atoms with Crippen LogP contribution in [0.2, 0.25) is 0 Å². The third-order valence-electron chi connectivity index (χ3n) is 3.60. The van der Waals surface area contributed by atoms with E-state index in [9.17, 15) is 4.79 Å². The van der Waals surface area contributed by atoms with E-state index < -0.39 is 0 Å². The summed E-state index contributed by atoms with van der Waals surface area (Å²) in [6, 6.07) is 13.1. The molecule has 0 aliphatic carbocycles. The number of nitrogens with one attached hydrogen (secondary N) is 2. The lowest BCUT2D eigenvalue weighted by atomic mass is 10.1. The van der Waals surface area contributed by atoms with Crippen LogP contribution >= 0.6 is 12.2 Å². The van der Waals surface area contributed by atoms with E-state index in [2.05, 4.69) is 10.6 Å². The minimum absolute atomic E-state index is 0.322. The number of rotatable bonds is 6. The highest BCUT2D eigenvalue weighted by Crippen LogP contribution is 2.17. The molecule has 0 aliphatic heterocycles. The maximum Gasteiger partial charge on any atom is 0.338 e. The van der Waals surface area contributed by atoms with E-state index in [0.717, 1.165) is 22.6 Å². The third-order valence-corrected chi connectivity index (χ3v) is 3.84. The van der Waals surface area contributed by atoms with E-state index in [4.69, 9.17) is 21.7 Å². The first-order chi connectivity index (χ1) is 12.0. The quantitative estimate of drug-likeness (QED) is 0.607. The number of hydrogen-bond donors (Lipinski definition) is 2. The van der Waals surface area contributed by atoms with Gasteiger partial charge in [-0.15, -0.1) is 0 Å². The van der Waals surface area contributed by atoms with Gasteiger partial charge >= 0.3 is 5.97 Å². The highest BCUT2D eigenvalue weighted by molar-refractivity contribution is 7.80. The molecule has 2 rings (SSSR count). The zero-order valence-electron chi connectivity index (χ0n) is 14.6. The van der Waals surface area contributed by atoms with Crippen LogP contribution in [0.5, 0.6) is 5.75 Å². The Hall–Kier alpha value is -2.60. The van der Waals surface area contributed by atoms with Crippen molar-refractivity contribution in [2.24, 2.45) is 0 Å². The van der Waals surface area contributed by atoms with Crippen LogP contribution in [0, 0.1) is 6.92 Å². The summed E-state index contributed by atoms with van der Waals surface area (Å²) in [6.45, 7) is 4.66. The Morgan fingerprint density at radius 3 is 2.48 bits per heavy atom. The van der Waals surface area contributed by atoms with E-state index in [1.165, 1.54) is 0 Å². The van der Waals surface area contributed by atoms with E-state index in [0.29, 0.717) is 23.8 Å². The summed E-state index contributed by atoms with van der Waals surface area (Å²) in [5.41, 5.74) is 3.39. The van der Waals surface area contributed by atoms with Gasteiger partial charge in [0.1, 0.15) is 5.75 Å². The average molecular weight is 358 g/mol. The van der Waals surface area contributed by atoms with Crippen LogP contribution in [-0.4, -0.2) is 24.8 Å². The zero-order valence-corrected chi connectivity index (χ0v) is 15.4. The summed E-state index contributed by atoms with van der Waals surface area (Å²) in [5, 5.41) is 6.82. The van der Waals surface area contributed by atoms with E-state index in [-0.39, 0.29) is 5.97 Å². The molecule has 0 radical (unpaired) electrons. The van der Waals surface area contributed by atoms with Crippen molar-refractivity contribution >= 4 is 29.0 Å². The van der Waals surface area contributed by atoms with Gasteiger partial charge in [-0.05, 0) is 67.5 Å². The topological polar surface area (TPSA) is 59.6 Å². The Labute approximate surface area is 153 Å². The molecule has 0 aromatic heterocycles. The summed E-state index contributed by atoms with van der Waals surface area (Å²) in [6.07, 6.45) is 0. The van der Waals surface area contributed by atoms with Gasteiger partial charge in [-0.1, -0.05) is 12.1 Å². The van der Waals surface area contributed by atoms with Crippen LogP contribution in [0.4, 0.5) is 5.69 Å². The highest BCUT2D eigenvalue weighted by Gasteiger charge is 2.09. The van der Waals surface area contributed by atoms with Crippen molar-refractivity contribution in [2.75, 3.05) is 19.0 Å². The number of methoxy groups -OCH3 is 1. The second kappa shape index (κ2) is 9.03. The van der Waals surface area contributed by atoms with Crippen LogP contribution in [0.15, 0.2) is 42.5 Å². The fourth-order valence-corrected chi connectivity index (χ4v) is 2.42. The lowest BCUT2D eigenvalue weighted by molar-refractivity contribution is 0.0526. The number of carbonyl (C=O) groups is 1. The zero-order chi connectivity index (χ0) is 18.2. The summed E-state index contributed by atoms with van der Waals surface area (Å²) < 4.78 is 10.1. The summed E-state index contributed by atoms with van der Waals surface area (Å²) in [7, 11) is 1.64. The third kappa shape index (κ3) is 5.46. The Bertz CT molecular complexity index is 745. The number of esters is 1. The molecule has 0 fully saturated rings. The number of benzene rings is 2. The normalized spacial score (nSPS) is 10.0. The SMILES string of the molecule is CCOC(=O)c1ccc(NC(=S)NCc2ccc(OC)cc2)c(C)c1. The molecule has 0 spiro atoms. The van der Waals surface area contributed by atoms with Crippen LogP contribution in [0.25, 0.3) is 0 Å². The summed E-state index contributed by atoms with van der Waals surface area (Å²) in [4.78, 5) is 11.7. The molecule has 0 bridgehead atoms. The van der Waals surface area contributed by atoms with Gasteiger partial charge in [0.25, 0.3) is 0 Å². The number of anilines is 1. The average Bonchev–Trinajstić information content (AvgIpc) is 2.62. The number of aryl methyl sites for hydroxylation is 1. The van der Waals surface area contributed by atoms with Gasteiger partial charge in [-0.3, -0.25) is 0 Å². The van der Waals surface area contributed by atoms with E-state index >= 15 is 0 Å². The maximum absolute atomic E-state index is 11.7. The molecule has 0 aliphatic rings. The van der Waals surface area contributed by atoms with Crippen LogP contribution in [0.1, 0.15) is 28.4 Å². The number of hydrogen-bond acceptors (Lipinski definition) is 4. The molecule has 25 heavy (non-hydrogen) atoms. The predicted molar refractivity (Wildman–Crippen MR) is 103 cm³/mol. The van der Waals surface area contributed by atoms with Crippen LogP contribution in [0.3, 0.4) is 0 Å². The minimum Gasteiger partial charge on any atom is -0.497 e. The number of ether oxygens (including phenoxy) is 2. The molecule has 0 heterocycles. The first-order valence-corrected chi connectivity index (χ1v) is 8.40. The molecule has 2 N–H and O–H groups in total. The number of thiocarbonyl (C=S) groups is 1. The first-order valence-electron chi connectivity index (χ1n) is 7.99. The molecular formula is C19H22N2O3S. The lowest BCUT2D eigenvalue weighted by Gasteiger charge is -2.13. The molecular weight excluding hydrogens is 336 g/mol. The molecule has 2 aromatic rings. The van der Waals surface area contributed by atoms with Crippen molar-refractivity contribution in [2.45, 2.75) is 20.4 Å². The Morgan fingerprint density at radius 1 is 1.16 bits per heavy atom. The Kier molecular flexibility index (Phi) is 6.77. The minimum atomic E-state index is -0.322. The van der Waals surface area contributed by atoms with E-state index in [1.54, 1.807) is 26.2 Å². The Morgan fingerprint density at radius 2 is 1.88 bits per heavy atom. The van der Waals surface area contributed by atoms with Crippen molar-refractivity contribution in [3.63, 3.8) is 0 Å². The fourth-order valence-electron chi connectivity index (χ4n) is 2.24. The largest absolute Gasteiger partial charge is 0.497 e. The van der Waals surface area contributed by atoms with Gasteiger partial charge in [-0.25, -0.2) is 4.79 Å². The van der Waals surface area contributed by atoms with Crippen molar-refractivity contribution in [3.8, 4) is 5.75 Å². The van der Waals surface area contributed by atoms with Gasteiger partial charge in [0.2, 0.25) is 0 Å². The lowest BCUT2D eigenvalue weighted by Crippen LogP contribution is -2.28. The van der Waals surface area contributed by atoms with Crippen LogP contribution < -0.4 is 15.4 Å². The van der Waals surface area contributed by atoms with E-state index in [1.807, 2.05) is 37.3 Å². The molecule has 132 valence electrons. The van der Waals surface area contributed by atoms with Gasteiger partial charge in [-0.2, -0.15) is 0 Å². The molecule has 0 atom stereocenters. The second-order valence-electron chi connectivity index (χ2n) is 5.41. The standard InChI is InChI=1S/C19H22N2O3S/c1-4-24-18(22)15-7-10-17(13(2)11-15)21-19(25)20-12-14-5-8-16(23-3)9-6-14/h5-11H,4,12H2,1-3H3,(H2,20,21,25). The summed E-state index contributed by atoms with van der Waals surface area (Å²) in [5.74, 6) is 0.499. The van der Waals surface area contributed by atoms with Crippen LogP contribution in [-0.2, 0) is 11.3 Å².